The predicted octanol–water partition coefficient (Wildman–Crippen LogP) is 2.84. The fourth-order valence-electron chi connectivity index (χ4n) is 5.01. The average Bonchev–Trinajstić information content (AvgIpc) is 3.48. The molecule has 1 aromatic heterocycles. The zero-order valence-corrected chi connectivity index (χ0v) is 20.7. The summed E-state index contributed by atoms with van der Waals surface area (Å²) in [6.45, 7) is 3.51. The van der Waals surface area contributed by atoms with Gasteiger partial charge < -0.3 is 14.2 Å². The first kappa shape index (κ1) is 24.5. The van der Waals surface area contributed by atoms with Crippen molar-refractivity contribution in [3.63, 3.8) is 0 Å². The molecule has 1 aromatic carbocycles. The summed E-state index contributed by atoms with van der Waals surface area (Å²) in [7, 11) is -2.31. The Balaban J connectivity index is 1.42. The largest absolute Gasteiger partial charge is 0.461 e. The highest BCUT2D eigenvalue weighted by Gasteiger charge is 2.42. The van der Waals surface area contributed by atoms with Gasteiger partial charge >= 0.3 is 5.97 Å². The highest BCUT2D eigenvalue weighted by atomic mass is 32.2. The molecule has 2 fully saturated rings. The van der Waals surface area contributed by atoms with Crippen LogP contribution in [0.4, 0.5) is 0 Å². The van der Waals surface area contributed by atoms with Gasteiger partial charge in [-0.2, -0.15) is 4.31 Å². The quantitative estimate of drug-likeness (QED) is 0.561. The molecule has 9 heteroatoms. The van der Waals surface area contributed by atoms with Crippen molar-refractivity contribution < 1.29 is 22.7 Å². The summed E-state index contributed by atoms with van der Waals surface area (Å²) in [6.07, 6.45) is 5.40. The van der Waals surface area contributed by atoms with Gasteiger partial charge in [0.2, 0.25) is 15.9 Å². The van der Waals surface area contributed by atoms with Crippen molar-refractivity contribution in [1.82, 2.24) is 13.8 Å². The molecular weight excluding hydrogens is 454 g/mol. The van der Waals surface area contributed by atoms with Crippen LogP contribution in [-0.4, -0.2) is 66.3 Å². The summed E-state index contributed by atoms with van der Waals surface area (Å²) in [6, 6.07) is 11.0. The molecule has 0 spiro atoms. The molecule has 0 saturated carbocycles. The molecule has 0 bridgehead atoms. The summed E-state index contributed by atoms with van der Waals surface area (Å²) in [5.41, 5.74) is 1.48. The Morgan fingerprint density at radius 3 is 2.44 bits per heavy atom. The number of aryl methyl sites for hydroxylation is 1. The third-order valence-corrected chi connectivity index (χ3v) is 8.73. The Kier molecular flexibility index (Phi) is 7.42. The minimum atomic E-state index is -3.92. The van der Waals surface area contributed by atoms with Gasteiger partial charge in [0.05, 0.1) is 6.61 Å². The molecule has 3 heterocycles. The van der Waals surface area contributed by atoms with Crippen molar-refractivity contribution in [1.29, 1.82) is 0 Å². The summed E-state index contributed by atoms with van der Waals surface area (Å²) in [5.74, 6) is -0.153. The van der Waals surface area contributed by atoms with Crippen LogP contribution in [-0.2, 0) is 33.0 Å². The van der Waals surface area contributed by atoms with E-state index in [1.807, 2.05) is 23.1 Å². The Labute approximate surface area is 201 Å². The molecule has 0 N–H and O–H groups in total. The lowest BCUT2D eigenvalue weighted by Gasteiger charge is -2.35. The lowest BCUT2D eigenvalue weighted by atomic mass is 9.90. The average molecular weight is 488 g/mol. The van der Waals surface area contributed by atoms with E-state index >= 15 is 0 Å². The Hall–Kier alpha value is -2.65. The molecule has 34 heavy (non-hydrogen) atoms. The molecule has 2 aliphatic heterocycles. The first-order valence-electron chi connectivity index (χ1n) is 12.0. The number of likely N-dealkylation sites (tertiary alicyclic amines) is 1. The number of nitrogens with zero attached hydrogens (tertiary/aromatic N) is 3. The van der Waals surface area contributed by atoms with Crippen molar-refractivity contribution in [2.45, 2.75) is 50.0 Å². The van der Waals surface area contributed by atoms with Gasteiger partial charge in [0, 0.05) is 32.9 Å². The molecule has 0 aliphatic carbocycles. The van der Waals surface area contributed by atoms with Crippen LogP contribution in [0.5, 0.6) is 0 Å². The third kappa shape index (κ3) is 5.05. The monoisotopic (exact) mass is 487 g/mol. The van der Waals surface area contributed by atoms with E-state index in [0.717, 1.165) is 19.3 Å². The van der Waals surface area contributed by atoms with Gasteiger partial charge in [-0.3, -0.25) is 4.79 Å². The second-order valence-electron chi connectivity index (χ2n) is 9.12. The number of carbonyl (C=O) groups excluding carboxylic acids is 2. The fourth-order valence-corrected chi connectivity index (χ4v) is 6.73. The first-order valence-corrected chi connectivity index (χ1v) is 13.4. The van der Waals surface area contributed by atoms with Crippen molar-refractivity contribution in [2.75, 3.05) is 26.2 Å². The predicted molar refractivity (Wildman–Crippen MR) is 128 cm³/mol. The number of sulfonamides is 1. The maximum atomic E-state index is 13.4. The Morgan fingerprint density at radius 2 is 1.76 bits per heavy atom. The minimum Gasteiger partial charge on any atom is -0.461 e. The number of esters is 1. The molecule has 2 saturated heterocycles. The highest BCUT2D eigenvalue weighted by Crippen LogP contribution is 2.30. The van der Waals surface area contributed by atoms with Gasteiger partial charge in [-0.15, -0.1) is 0 Å². The summed E-state index contributed by atoms with van der Waals surface area (Å²) < 4.78 is 34.6. The van der Waals surface area contributed by atoms with Crippen LogP contribution in [0.2, 0.25) is 0 Å². The SMILES string of the molecule is CCOC(=O)c1cc(S(=O)(=O)N2CCC[C@H]2C(=O)N2CCC(Cc3ccccc3)CC2)cn1C. The van der Waals surface area contributed by atoms with Crippen LogP contribution in [0.25, 0.3) is 0 Å². The van der Waals surface area contributed by atoms with Gasteiger partial charge in [0.1, 0.15) is 16.6 Å². The van der Waals surface area contributed by atoms with Crippen LogP contribution >= 0.6 is 0 Å². The number of ether oxygens (including phenoxy) is 1. The normalized spacial score (nSPS) is 19.9. The standard InChI is InChI=1S/C25H33N3O5S/c1-3-33-25(30)23-17-21(18-26(23)2)34(31,32)28-13-7-10-22(28)24(29)27-14-11-20(12-15-27)16-19-8-5-4-6-9-19/h4-6,8-9,17-18,20,22H,3,7,10-16H2,1-2H3/t22-/m0/s1. The van der Waals surface area contributed by atoms with E-state index in [1.54, 1.807) is 14.0 Å². The van der Waals surface area contributed by atoms with Gasteiger partial charge in [-0.05, 0) is 56.6 Å². The number of hydrogen-bond donors (Lipinski definition) is 0. The molecule has 2 aliphatic rings. The summed E-state index contributed by atoms with van der Waals surface area (Å²) in [5, 5.41) is 0. The van der Waals surface area contributed by atoms with Crippen LogP contribution < -0.4 is 0 Å². The topological polar surface area (TPSA) is 88.9 Å². The number of rotatable bonds is 7. The molecule has 0 unspecified atom stereocenters. The van der Waals surface area contributed by atoms with Crippen molar-refractivity contribution >= 4 is 21.9 Å². The second-order valence-corrected chi connectivity index (χ2v) is 11.0. The molecule has 4 rings (SSSR count). The van der Waals surface area contributed by atoms with Crippen molar-refractivity contribution in [2.24, 2.45) is 13.0 Å². The van der Waals surface area contributed by atoms with E-state index in [9.17, 15) is 18.0 Å². The first-order chi connectivity index (χ1) is 16.3. The second kappa shape index (κ2) is 10.3. The number of aromatic nitrogens is 1. The third-order valence-electron chi connectivity index (χ3n) is 6.85. The number of piperidine rings is 1. The van der Waals surface area contributed by atoms with Gasteiger partial charge in [-0.1, -0.05) is 30.3 Å². The van der Waals surface area contributed by atoms with E-state index < -0.39 is 22.0 Å². The van der Waals surface area contributed by atoms with Crippen LogP contribution in [0, 0.1) is 5.92 Å². The lowest BCUT2D eigenvalue weighted by molar-refractivity contribution is -0.136. The number of benzene rings is 1. The Bertz CT molecular complexity index is 1120. The Morgan fingerprint density at radius 1 is 1.06 bits per heavy atom. The molecule has 1 atom stereocenters. The van der Waals surface area contributed by atoms with E-state index in [2.05, 4.69) is 12.1 Å². The lowest BCUT2D eigenvalue weighted by Crippen LogP contribution is -2.50. The van der Waals surface area contributed by atoms with Gasteiger partial charge in [0.15, 0.2) is 0 Å². The van der Waals surface area contributed by atoms with Gasteiger partial charge in [-0.25, -0.2) is 13.2 Å². The molecular formula is C25H33N3O5S. The summed E-state index contributed by atoms with van der Waals surface area (Å²) in [4.78, 5) is 27.3. The van der Waals surface area contributed by atoms with E-state index in [4.69, 9.17) is 4.74 Å². The number of carbonyl (C=O) groups is 2. The van der Waals surface area contributed by atoms with Crippen molar-refractivity contribution in [3.8, 4) is 0 Å². The summed E-state index contributed by atoms with van der Waals surface area (Å²) >= 11 is 0. The molecule has 8 nitrogen and oxygen atoms in total. The van der Waals surface area contributed by atoms with Crippen LogP contribution in [0.15, 0.2) is 47.5 Å². The smallest absolute Gasteiger partial charge is 0.354 e. The van der Waals surface area contributed by atoms with Crippen LogP contribution in [0.1, 0.15) is 48.7 Å². The zero-order valence-electron chi connectivity index (χ0n) is 19.9. The molecule has 1 amide bonds. The minimum absolute atomic E-state index is 0.0133. The maximum absolute atomic E-state index is 13.4. The maximum Gasteiger partial charge on any atom is 0.354 e. The molecule has 2 aromatic rings. The van der Waals surface area contributed by atoms with E-state index in [0.29, 0.717) is 38.4 Å². The number of hydrogen-bond acceptors (Lipinski definition) is 5. The van der Waals surface area contributed by atoms with Crippen LogP contribution in [0.3, 0.4) is 0 Å². The zero-order chi connectivity index (χ0) is 24.3. The van der Waals surface area contributed by atoms with E-state index in [1.165, 1.54) is 26.7 Å². The molecule has 184 valence electrons. The number of amides is 1. The van der Waals surface area contributed by atoms with E-state index in [-0.39, 0.29) is 23.1 Å². The fraction of sp³-hybridized carbons (Fsp3) is 0.520. The van der Waals surface area contributed by atoms with Crippen molar-refractivity contribution in [3.05, 3.63) is 53.9 Å². The van der Waals surface area contributed by atoms with Gasteiger partial charge in [0.25, 0.3) is 0 Å². The highest BCUT2D eigenvalue weighted by molar-refractivity contribution is 7.89. The molecule has 0 radical (unpaired) electrons.